The Hall–Kier alpha value is -0.340. The van der Waals surface area contributed by atoms with Crippen LogP contribution in [-0.2, 0) is 4.79 Å². The fourth-order valence-corrected chi connectivity index (χ4v) is 0.495. The lowest BCUT2D eigenvalue weighted by Gasteiger charge is -1.91. The standard InChI is InChI=1S/C6H9ClO.CH5N/c1-3-4-5(2)6(7)8;1-2/h2-4H2,1H3;2H2,1H3. The SMILES string of the molecule is C=C(CCC)C(=O)Cl.CN. The molecule has 0 aliphatic carbocycles. The van der Waals surface area contributed by atoms with Crippen molar-refractivity contribution in [2.45, 2.75) is 19.8 Å². The van der Waals surface area contributed by atoms with Crippen molar-refractivity contribution in [3.05, 3.63) is 12.2 Å². The van der Waals surface area contributed by atoms with Crippen molar-refractivity contribution in [3.63, 3.8) is 0 Å². The molecule has 0 aromatic heterocycles. The van der Waals surface area contributed by atoms with Crippen LogP contribution in [0.3, 0.4) is 0 Å². The summed E-state index contributed by atoms with van der Waals surface area (Å²) in [7, 11) is 1.50. The largest absolute Gasteiger partial charge is 0.333 e. The third-order valence-corrected chi connectivity index (χ3v) is 1.10. The predicted octanol–water partition coefficient (Wildman–Crippen LogP) is 1.68. The van der Waals surface area contributed by atoms with Gasteiger partial charge in [-0.25, -0.2) is 0 Å². The lowest BCUT2D eigenvalue weighted by atomic mass is 10.2. The quantitative estimate of drug-likeness (QED) is 0.508. The van der Waals surface area contributed by atoms with Gasteiger partial charge in [-0.2, -0.15) is 0 Å². The van der Waals surface area contributed by atoms with Crippen LogP contribution in [0.4, 0.5) is 0 Å². The van der Waals surface area contributed by atoms with E-state index in [9.17, 15) is 4.79 Å². The van der Waals surface area contributed by atoms with Crippen LogP contribution >= 0.6 is 11.6 Å². The highest BCUT2D eigenvalue weighted by Crippen LogP contribution is 2.04. The zero-order chi connectivity index (χ0) is 8.57. The van der Waals surface area contributed by atoms with Crippen molar-refractivity contribution in [2.75, 3.05) is 7.05 Å². The minimum atomic E-state index is -0.410. The first-order chi connectivity index (χ1) is 4.68. The summed E-state index contributed by atoms with van der Waals surface area (Å²) < 4.78 is 0. The van der Waals surface area contributed by atoms with E-state index in [1.807, 2.05) is 6.92 Å². The van der Waals surface area contributed by atoms with Crippen LogP contribution in [0, 0.1) is 0 Å². The molecule has 0 radical (unpaired) electrons. The normalized spacial score (nSPS) is 7.60. The molecule has 0 aliphatic heterocycles. The Morgan fingerprint density at radius 3 is 2.10 bits per heavy atom. The number of hydrogen-bond acceptors (Lipinski definition) is 2. The zero-order valence-electron chi connectivity index (χ0n) is 6.48. The molecule has 2 N–H and O–H groups in total. The summed E-state index contributed by atoms with van der Waals surface area (Å²) in [5.74, 6) is 0. The second-order valence-corrected chi connectivity index (χ2v) is 1.97. The lowest BCUT2D eigenvalue weighted by molar-refractivity contribution is -0.108. The van der Waals surface area contributed by atoms with Gasteiger partial charge in [0.05, 0.1) is 0 Å². The molecular weight excluding hydrogens is 150 g/mol. The molecule has 60 valence electrons. The summed E-state index contributed by atoms with van der Waals surface area (Å²) in [5, 5.41) is -0.410. The number of allylic oxidation sites excluding steroid dienone is 1. The van der Waals surface area contributed by atoms with Gasteiger partial charge in [0.1, 0.15) is 0 Å². The van der Waals surface area contributed by atoms with Gasteiger partial charge < -0.3 is 5.73 Å². The average molecular weight is 164 g/mol. The Kier molecular flexibility index (Phi) is 10.7. The first kappa shape index (κ1) is 12.3. The highest BCUT2D eigenvalue weighted by atomic mass is 35.5. The summed E-state index contributed by atoms with van der Waals surface area (Å²) in [5.41, 5.74) is 5.01. The minimum absolute atomic E-state index is 0.410. The Morgan fingerprint density at radius 2 is 2.00 bits per heavy atom. The maximum atomic E-state index is 10.2. The predicted molar refractivity (Wildman–Crippen MR) is 45.0 cm³/mol. The topological polar surface area (TPSA) is 43.1 Å². The summed E-state index contributed by atoms with van der Waals surface area (Å²) in [6.45, 7) is 5.44. The number of hydrogen-bond donors (Lipinski definition) is 1. The van der Waals surface area contributed by atoms with E-state index in [0.717, 1.165) is 6.42 Å². The molecule has 0 fully saturated rings. The van der Waals surface area contributed by atoms with Crippen LogP contribution in [0.2, 0.25) is 0 Å². The Balaban J connectivity index is 0. The molecule has 0 heterocycles. The highest BCUT2D eigenvalue weighted by molar-refractivity contribution is 6.67. The third kappa shape index (κ3) is 7.66. The second-order valence-electron chi connectivity index (χ2n) is 1.63. The van der Waals surface area contributed by atoms with Crippen LogP contribution in [0.15, 0.2) is 12.2 Å². The molecule has 0 atom stereocenters. The Labute approximate surface area is 67.0 Å². The number of nitrogens with two attached hydrogens (primary N) is 1. The van der Waals surface area contributed by atoms with Crippen molar-refractivity contribution < 1.29 is 4.79 Å². The smallest absolute Gasteiger partial charge is 0.247 e. The van der Waals surface area contributed by atoms with Crippen LogP contribution in [0.5, 0.6) is 0 Å². The first-order valence-electron chi connectivity index (χ1n) is 3.13. The van der Waals surface area contributed by atoms with Crippen molar-refractivity contribution in [2.24, 2.45) is 5.73 Å². The molecule has 0 rings (SSSR count). The lowest BCUT2D eigenvalue weighted by Crippen LogP contribution is -1.89. The van der Waals surface area contributed by atoms with E-state index in [4.69, 9.17) is 11.6 Å². The van der Waals surface area contributed by atoms with Gasteiger partial charge in [-0.3, -0.25) is 4.79 Å². The molecule has 10 heavy (non-hydrogen) atoms. The van der Waals surface area contributed by atoms with Crippen molar-refractivity contribution >= 4 is 16.8 Å². The van der Waals surface area contributed by atoms with Crippen LogP contribution in [-0.4, -0.2) is 12.3 Å². The van der Waals surface area contributed by atoms with Crippen LogP contribution < -0.4 is 5.73 Å². The van der Waals surface area contributed by atoms with Gasteiger partial charge in [-0.05, 0) is 25.1 Å². The van der Waals surface area contributed by atoms with E-state index >= 15 is 0 Å². The average Bonchev–Trinajstić information content (AvgIpc) is 1.93. The molecule has 2 nitrogen and oxygen atoms in total. The summed E-state index contributed by atoms with van der Waals surface area (Å²) in [6, 6.07) is 0. The van der Waals surface area contributed by atoms with Crippen molar-refractivity contribution in [3.8, 4) is 0 Å². The maximum Gasteiger partial charge on any atom is 0.247 e. The number of rotatable bonds is 3. The van der Waals surface area contributed by atoms with Gasteiger partial charge in [-0.1, -0.05) is 19.9 Å². The number of carbonyl (C=O) groups is 1. The number of halogens is 1. The highest BCUT2D eigenvalue weighted by Gasteiger charge is 1.98. The van der Waals surface area contributed by atoms with E-state index < -0.39 is 5.24 Å². The van der Waals surface area contributed by atoms with E-state index in [0.29, 0.717) is 12.0 Å². The summed E-state index contributed by atoms with van der Waals surface area (Å²) in [6.07, 6.45) is 1.64. The molecule has 0 saturated heterocycles. The van der Waals surface area contributed by atoms with E-state index in [-0.39, 0.29) is 0 Å². The number of carbonyl (C=O) groups excluding carboxylic acids is 1. The molecule has 0 aliphatic rings. The van der Waals surface area contributed by atoms with Gasteiger partial charge in [-0.15, -0.1) is 0 Å². The maximum absolute atomic E-state index is 10.2. The molecule has 0 unspecified atom stereocenters. The molecule has 0 saturated carbocycles. The molecule has 3 heteroatoms. The van der Waals surface area contributed by atoms with E-state index in [1.165, 1.54) is 7.05 Å². The molecule has 0 aromatic rings. The van der Waals surface area contributed by atoms with E-state index in [2.05, 4.69) is 12.3 Å². The summed E-state index contributed by atoms with van der Waals surface area (Å²) >= 11 is 5.07. The minimum Gasteiger partial charge on any atom is -0.333 e. The van der Waals surface area contributed by atoms with Crippen LogP contribution in [0.25, 0.3) is 0 Å². The zero-order valence-corrected chi connectivity index (χ0v) is 7.24. The van der Waals surface area contributed by atoms with Crippen LogP contribution in [0.1, 0.15) is 19.8 Å². The van der Waals surface area contributed by atoms with Gasteiger partial charge in [0.15, 0.2) is 0 Å². The molecule has 0 aromatic carbocycles. The fourth-order valence-electron chi connectivity index (χ4n) is 0.400. The molecule has 0 amide bonds. The third-order valence-electron chi connectivity index (χ3n) is 0.830. The van der Waals surface area contributed by atoms with Crippen molar-refractivity contribution in [1.82, 2.24) is 0 Å². The van der Waals surface area contributed by atoms with Crippen molar-refractivity contribution in [1.29, 1.82) is 0 Å². The Bertz CT molecular complexity index is 112. The molecule has 0 spiro atoms. The van der Waals surface area contributed by atoms with E-state index in [1.54, 1.807) is 0 Å². The Morgan fingerprint density at radius 1 is 1.60 bits per heavy atom. The second kappa shape index (κ2) is 8.66. The summed E-state index contributed by atoms with van der Waals surface area (Å²) in [4.78, 5) is 10.2. The van der Waals surface area contributed by atoms with Gasteiger partial charge in [0, 0.05) is 5.57 Å². The van der Waals surface area contributed by atoms with Gasteiger partial charge in [0.25, 0.3) is 0 Å². The fraction of sp³-hybridized carbons (Fsp3) is 0.571. The monoisotopic (exact) mass is 163 g/mol. The van der Waals surface area contributed by atoms with Gasteiger partial charge >= 0.3 is 0 Å². The molecule has 0 bridgehead atoms. The molecular formula is C7H14ClNO. The first-order valence-corrected chi connectivity index (χ1v) is 3.51. The van der Waals surface area contributed by atoms with Gasteiger partial charge in [0.2, 0.25) is 5.24 Å².